The van der Waals surface area contributed by atoms with Crippen LogP contribution in [0, 0.1) is 5.41 Å². The van der Waals surface area contributed by atoms with Crippen molar-refractivity contribution in [3.05, 3.63) is 75.4 Å². The number of methoxy groups -OCH3 is 1. The fraction of sp³-hybridized carbons (Fsp3) is 0.259. The Morgan fingerprint density at radius 2 is 1.65 bits per heavy atom. The number of nitrogens with zero attached hydrogens (tertiary/aromatic N) is 1. The molecule has 9 nitrogen and oxygen atoms in total. The van der Waals surface area contributed by atoms with Crippen LogP contribution in [0.15, 0.2) is 59.4 Å². The van der Waals surface area contributed by atoms with E-state index in [2.05, 4.69) is 10.6 Å². The number of carbonyl (C=O) groups excluding carboxylic acids is 2. The third-order valence-electron chi connectivity index (χ3n) is 6.02. The molecule has 0 fully saturated rings. The summed E-state index contributed by atoms with van der Waals surface area (Å²) in [6, 6.07) is 16.0. The number of rotatable bonds is 9. The van der Waals surface area contributed by atoms with E-state index in [1.807, 2.05) is 32.0 Å². The maximum atomic E-state index is 13.7. The number of hydrogen-bond donors (Lipinski definition) is 3. The van der Waals surface area contributed by atoms with Gasteiger partial charge in [-0.1, -0.05) is 62.4 Å². The average Bonchev–Trinajstić information content (AvgIpc) is 3.29. The van der Waals surface area contributed by atoms with Crippen LogP contribution in [0.1, 0.15) is 33.9 Å². The fourth-order valence-electron chi connectivity index (χ4n) is 4.08. The Bertz CT molecular complexity index is 1560. The summed E-state index contributed by atoms with van der Waals surface area (Å²) in [5.41, 5.74) is 0.114. The van der Waals surface area contributed by atoms with Gasteiger partial charge in [0.1, 0.15) is 10.3 Å². The molecule has 0 bridgehead atoms. The molecule has 0 radical (unpaired) electrons. The molecular formula is C27H27N3O6S. The average molecular weight is 522 g/mol. The van der Waals surface area contributed by atoms with Crippen LogP contribution in [0.5, 0.6) is 5.75 Å². The highest BCUT2D eigenvalue weighted by Crippen LogP contribution is 2.39. The second kappa shape index (κ2) is 10.4. The van der Waals surface area contributed by atoms with Crippen LogP contribution in [0.3, 0.4) is 0 Å². The molecule has 37 heavy (non-hydrogen) atoms. The van der Waals surface area contributed by atoms with Crippen molar-refractivity contribution in [2.45, 2.75) is 20.4 Å². The zero-order chi connectivity index (χ0) is 26.7. The second-order valence-corrected chi connectivity index (χ2v) is 10.4. The van der Waals surface area contributed by atoms with Crippen LogP contribution in [-0.2, 0) is 6.54 Å². The minimum atomic E-state index is -1.14. The number of amides is 2. The molecule has 192 valence electrons. The summed E-state index contributed by atoms with van der Waals surface area (Å²) >= 11 is 1.15. The Kier molecular flexibility index (Phi) is 7.30. The molecule has 2 aromatic heterocycles. The SMILES string of the molecule is COc1c(C(=O)NCC(C)(C)CNC(=O)O)sc2c1c(=O)n(CC(=O)c1ccccc1)c1ccccc21. The number of benzene rings is 2. The fourth-order valence-corrected chi connectivity index (χ4v) is 5.29. The van der Waals surface area contributed by atoms with E-state index in [4.69, 9.17) is 9.84 Å². The van der Waals surface area contributed by atoms with E-state index >= 15 is 0 Å². The molecule has 0 aliphatic rings. The largest absolute Gasteiger partial charge is 0.494 e. The number of para-hydroxylation sites is 1. The van der Waals surface area contributed by atoms with E-state index in [0.717, 1.165) is 16.7 Å². The van der Waals surface area contributed by atoms with Crippen LogP contribution in [0.2, 0.25) is 0 Å². The van der Waals surface area contributed by atoms with E-state index in [-0.39, 0.29) is 41.4 Å². The Labute approximate surface area is 216 Å². The molecule has 3 N–H and O–H groups in total. The van der Waals surface area contributed by atoms with Gasteiger partial charge in [0.05, 0.1) is 23.9 Å². The highest BCUT2D eigenvalue weighted by molar-refractivity contribution is 7.22. The van der Waals surface area contributed by atoms with E-state index in [9.17, 15) is 19.2 Å². The third-order valence-corrected chi connectivity index (χ3v) is 7.22. The standard InChI is InChI=1S/C27H27N3O6S/c1-27(2,15-29-26(34)35)14-28-24(32)23-21(36-3)20-22(37-23)17-11-7-8-12-18(17)30(25(20)33)13-19(31)16-9-5-4-6-10-16/h4-12,29H,13-15H2,1-3H3,(H,28,32)(H,34,35). The van der Waals surface area contributed by atoms with Gasteiger partial charge in [-0.05, 0) is 11.5 Å². The van der Waals surface area contributed by atoms with Gasteiger partial charge in [0.25, 0.3) is 11.5 Å². The van der Waals surface area contributed by atoms with Crippen molar-refractivity contribution in [1.29, 1.82) is 0 Å². The summed E-state index contributed by atoms with van der Waals surface area (Å²) in [6.45, 7) is 3.82. The summed E-state index contributed by atoms with van der Waals surface area (Å²) in [6.07, 6.45) is -1.14. The number of aromatic nitrogens is 1. The van der Waals surface area contributed by atoms with Crippen molar-refractivity contribution in [3.8, 4) is 5.75 Å². The Morgan fingerprint density at radius 1 is 1.00 bits per heavy atom. The summed E-state index contributed by atoms with van der Waals surface area (Å²) in [4.78, 5) is 51.0. The Hall–Kier alpha value is -4.18. The van der Waals surface area contributed by atoms with Gasteiger partial charge in [0.15, 0.2) is 11.5 Å². The molecule has 2 heterocycles. The number of pyridine rings is 1. The molecule has 0 atom stereocenters. The van der Waals surface area contributed by atoms with Crippen LogP contribution in [-0.4, -0.2) is 47.7 Å². The van der Waals surface area contributed by atoms with Crippen molar-refractivity contribution < 1.29 is 24.2 Å². The number of fused-ring (bicyclic) bond motifs is 3. The number of ketones is 1. The minimum Gasteiger partial charge on any atom is -0.494 e. The van der Waals surface area contributed by atoms with Crippen LogP contribution in [0.4, 0.5) is 4.79 Å². The predicted molar refractivity (Wildman–Crippen MR) is 143 cm³/mol. The van der Waals surface area contributed by atoms with Gasteiger partial charge in [-0.15, -0.1) is 11.3 Å². The highest BCUT2D eigenvalue weighted by atomic mass is 32.1. The smallest absolute Gasteiger partial charge is 0.404 e. The topological polar surface area (TPSA) is 127 Å². The number of carboxylic acid groups (broad SMARTS) is 1. The molecule has 2 aromatic carbocycles. The van der Waals surface area contributed by atoms with E-state index in [0.29, 0.717) is 15.8 Å². The van der Waals surface area contributed by atoms with Crippen LogP contribution in [0.25, 0.3) is 21.0 Å². The summed E-state index contributed by atoms with van der Waals surface area (Å²) < 4.78 is 7.58. The number of Topliss-reactive ketones (excluding diaryl/α,β-unsaturated/α-hetero) is 1. The lowest BCUT2D eigenvalue weighted by molar-refractivity contribution is 0.0936. The Morgan fingerprint density at radius 3 is 2.32 bits per heavy atom. The summed E-state index contributed by atoms with van der Waals surface area (Å²) in [5.74, 6) is -0.496. The molecule has 0 aliphatic heterocycles. The zero-order valence-corrected chi connectivity index (χ0v) is 21.5. The maximum Gasteiger partial charge on any atom is 0.404 e. The van der Waals surface area contributed by atoms with Crippen molar-refractivity contribution in [1.82, 2.24) is 15.2 Å². The number of carbonyl (C=O) groups is 3. The van der Waals surface area contributed by atoms with Gasteiger partial charge < -0.3 is 20.5 Å². The van der Waals surface area contributed by atoms with E-state index in [1.165, 1.54) is 11.7 Å². The minimum absolute atomic E-state index is 0.149. The monoisotopic (exact) mass is 521 g/mol. The maximum absolute atomic E-state index is 13.7. The first kappa shape index (κ1) is 25.9. The first-order valence-electron chi connectivity index (χ1n) is 11.6. The molecule has 0 saturated carbocycles. The second-order valence-electron chi connectivity index (χ2n) is 9.37. The molecule has 10 heteroatoms. The number of hydrogen-bond acceptors (Lipinski definition) is 6. The van der Waals surface area contributed by atoms with Gasteiger partial charge in [-0.3, -0.25) is 19.0 Å². The van der Waals surface area contributed by atoms with Crippen molar-refractivity contribution >= 4 is 50.1 Å². The molecular weight excluding hydrogens is 494 g/mol. The Balaban J connectivity index is 1.76. The quantitative estimate of drug-likeness (QED) is 0.284. The third kappa shape index (κ3) is 5.34. The van der Waals surface area contributed by atoms with Gasteiger partial charge >= 0.3 is 6.09 Å². The van der Waals surface area contributed by atoms with Gasteiger partial charge in [0.2, 0.25) is 0 Å². The molecule has 4 aromatic rings. The van der Waals surface area contributed by atoms with E-state index < -0.39 is 23.0 Å². The molecule has 0 spiro atoms. The predicted octanol–water partition coefficient (Wildman–Crippen LogP) is 4.13. The first-order chi connectivity index (χ1) is 17.6. The zero-order valence-electron chi connectivity index (χ0n) is 20.7. The number of ether oxygens (including phenoxy) is 1. The summed E-state index contributed by atoms with van der Waals surface area (Å²) in [5, 5.41) is 15.0. The summed E-state index contributed by atoms with van der Waals surface area (Å²) in [7, 11) is 1.40. The normalized spacial score (nSPS) is 11.4. The van der Waals surface area contributed by atoms with Crippen molar-refractivity contribution in [2.24, 2.45) is 5.41 Å². The first-order valence-corrected chi connectivity index (χ1v) is 12.4. The molecule has 2 amide bonds. The lowest BCUT2D eigenvalue weighted by atomic mass is 9.93. The lowest BCUT2D eigenvalue weighted by Gasteiger charge is -2.24. The van der Waals surface area contributed by atoms with E-state index in [1.54, 1.807) is 36.4 Å². The number of thiophene rings is 1. The number of nitrogens with one attached hydrogen (secondary N) is 2. The molecule has 4 rings (SSSR count). The molecule has 0 aliphatic carbocycles. The molecule has 0 saturated heterocycles. The van der Waals surface area contributed by atoms with Gasteiger partial charge in [0, 0.05) is 24.0 Å². The van der Waals surface area contributed by atoms with Gasteiger partial charge in [-0.2, -0.15) is 0 Å². The van der Waals surface area contributed by atoms with Crippen molar-refractivity contribution in [2.75, 3.05) is 20.2 Å². The highest BCUT2D eigenvalue weighted by Gasteiger charge is 2.27. The molecule has 0 unspecified atom stereocenters. The lowest BCUT2D eigenvalue weighted by Crippen LogP contribution is -2.41. The van der Waals surface area contributed by atoms with Crippen molar-refractivity contribution in [3.63, 3.8) is 0 Å². The van der Waals surface area contributed by atoms with Gasteiger partial charge in [-0.25, -0.2) is 4.79 Å². The van der Waals surface area contributed by atoms with Crippen LogP contribution < -0.4 is 20.9 Å². The van der Waals surface area contributed by atoms with Crippen LogP contribution >= 0.6 is 11.3 Å².